The van der Waals surface area contributed by atoms with E-state index in [4.69, 9.17) is 11.6 Å². The number of nitrogens with zero attached hydrogens (tertiary/aromatic N) is 1. The normalized spacial score (nSPS) is 13.2. The molecule has 0 aliphatic rings. The highest BCUT2D eigenvalue weighted by atomic mass is 35.5. The van der Waals surface area contributed by atoms with Crippen molar-refractivity contribution in [2.45, 2.75) is 11.8 Å². The molecule has 2 N–H and O–H groups in total. The molecule has 0 amide bonds. The molecule has 0 fully saturated rings. The van der Waals surface area contributed by atoms with Gasteiger partial charge in [0.15, 0.2) is 0 Å². The van der Waals surface area contributed by atoms with E-state index >= 15 is 0 Å². The lowest BCUT2D eigenvalue weighted by Crippen LogP contribution is -2.32. The molecule has 1 atom stereocenters. The highest BCUT2D eigenvalue weighted by Crippen LogP contribution is 2.25. The van der Waals surface area contributed by atoms with E-state index in [-0.39, 0.29) is 28.1 Å². The van der Waals surface area contributed by atoms with Gasteiger partial charge in [-0.1, -0.05) is 18.5 Å². The van der Waals surface area contributed by atoms with Crippen LogP contribution in [-0.4, -0.2) is 33.5 Å². The summed E-state index contributed by atoms with van der Waals surface area (Å²) in [5.74, 6) is 0.103. The quantitative estimate of drug-likeness (QED) is 0.583. The number of nitrogens with one attached hydrogen (secondary N) is 2. The van der Waals surface area contributed by atoms with Crippen molar-refractivity contribution in [2.75, 3.05) is 20.1 Å². The maximum absolute atomic E-state index is 12.1. The van der Waals surface area contributed by atoms with Gasteiger partial charge in [0.1, 0.15) is 4.90 Å². The molecule has 0 aliphatic heterocycles. The Morgan fingerprint density at radius 2 is 2.05 bits per heavy atom. The van der Waals surface area contributed by atoms with Gasteiger partial charge >= 0.3 is 0 Å². The molecule has 1 aromatic carbocycles. The molecule has 0 spiro atoms. The molecule has 112 valence electrons. The third-order valence-electron chi connectivity index (χ3n) is 2.59. The molecule has 0 saturated heterocycles. The highest BCUT2D eigenvalue weighted by molar-refractivity contribution is 7.89. The zero-order valence-corrected chi connectivity index (χ0v) is 12.7. The third kappa shape index (κ3) is 4.41. The minimum Gasteiger partial charge on any atom is -0.319 e. The number of rotatable bonds is 7. The lowest BCUT2D eigenvalue weighted by molar-refractivity contribution is -0.384. The second kappa shape index (κ2) is 6.98. The maximum atomic E-state index is 12.1. The van der Waals surface area contributed by atoms with Gasteiger partial charge < -0.3 is 5.32 Å². The molecule has 7 nitrogen and oxygen atoms in total. The summed E-state index contributed by atoms with van der Waals surface area (Å²) in [5.41, 5.74) is -0.252. The average Bonchev–Trinajstić information content (AvgIpc) is 2.36. The summed E-state index contributed by atoms with van der Waals surface area (Å²) >= 11 is 5.80. The summed E-state index contributed by atoms with van der Waals surface area (Å²) in [6, 6.07) is 3.26. The van der Waals surface area contributed by atoms with Crippen LogP contribution in [0.3, 0.4) is 0 Å². The molecule has 20 heavy (non-hydrogen) atoms. The van der Waals surface area contributed by atoms with Crippen LogP contribution < -0.4 is 10.0 Å². The summed E-state index contributed by atoms with van der Waals surface area (Å²) < 4.78 is 26.5. The van der Waals surface area contributed by atoms with Gasteiger partial charge in [0.2, 0.25) is 10.0 Å². The zero-order valence-electron chi connectivity index (χ0n) is 11.1. The first-order chi connectivity index (χ1) is 9.27. The molecular weight excluding hydrogens is 306 g/mol. The molecule has 0 radical (unpaired) electrons. The smallest absolute Gasteiger partial charge is 0.271 e. The van der Waals surface area contributed by atoms with Crippen molar-refractivity contribution < 1.29 is 13.3 Å². The highest BCUT2D eigenvalue weighted by Gasteiger charge is 2.20. The largest absolute Gasteiger partial charge is 0.319 e. The fraction of sp³-hybridized carbons (Fsp3) is 0.455. The summed E-state index contributed by atoms with van der Waals surface area (Å²) in [4.78, 5) is 9.78. The van der Waals surface area contributed by atoms with Gasteiger partial charge in [0.05, 0.1) is 9.95 Å². The Morgan fingerprint density at radius 1 is 1.40 bits per heavy atom. The van der Waals surface area contributed by atoms with E-state index in [9.17, 15) is 18.5 Å². The van der Waals surface area contributed by atoms with Crippen molar-refractivity contribution >= 4 is 27.3 Å². The van der Waals surface area contributed by atoms with Crippen molar-refractivity contribution in [2.24, 2.45) is 5.92 Å². The van der Waals surface area contributed by atoms with E-state index in [1.165, 1.54) is 0 Å². The van der Waals surface area contributed by atoms with E-state index in [0.29, 0.717) is 6.54 Å². The Kier molecular flexibility index (Phi) is 5.88. The molecular formula is C11H16ClN3O4S. The Balaban J connectivity index is 2.90. The SMILES string of the molecule is CNCC(C)CNS(=O)(=O)c1ccc([N+](=O)[O-])cc1Cl. The van der Waals surface area contributed by atoms with Crippen molar-refractivity contribution in [1.82, 2.24) is 10.0 Å². The van der Waals surface area contributed by atoms with Gasteiger partial charge in [-0.15, -0.1) is 0 Å². The lowest BCUT2D eigenvalue weighted by atomic mass is 10.2. The van der Waals surface area contributed by atoms with Gasteiger partial charge in [-0.2, -0.15) is 0 Å². The van der Waals surface area contributed by atoms with E-state index in [1.807, 2.05) is 6.92 Å². The van der Waals surface area contributed by atoms with E-state index in [1.54, 1.807) is 7.05 Å². The van der Waals surface area contributed by atoms with E-state index in [0.717, 1.165) is 18.2 Å². The average molecular weight is 322 g/mol. The van der Waals surface area contributed by atoms with Gasteiger partial charge in [0, 0.05) is 18.7 Å². The van der Waals surface area contributed by atoms with Crippen molar-refractivity contribution in [3.05, 3.63) is 33.3 Å². The summed E-state index contributed by atoms with van der Waals surface area (Å²) in [5, 5.41) is 13.3. The zero-order chi connectivity index (χ0) is 15.3. The first-order valence-electron chi connectivity index (χ1n) is 5.86. The number of hydrogen-bond acceptors (Lipinski definition) is 5. The fourth-order valence-electron chi connectivity index (χ4n) is 1.57. The minimum atomic E-state index is -3.78. The van der Waals surface area contributed by atoms with Crippen LogP contribution in [0.15, 0.2) is 23.1 Å². The first kappa shape index (κ1) is 16.8. The molecule has 0 aromatic heterocycles. The number of sulfonamides is 1. The van der Waals surface area contributed by atoms with Crippen molar-refractivity contribution in [3.8, 4) is 0 Å². The van der Waals surface area contributed by atoms with Crippen LogP contribution in [0.5, 0.6) is 0 Å². The molecule has 9 heteroatoms. The van der Waals surface area contributed by atoms with E-state index in [2.05, 4.69) is 10.0 Å². The molecule has 1 unspecified atom stereocenters. The third-order valence-corrected chi connectivity index (χ3v) is 4.50. The number of hydrogen-bond donors (Lipinski definition) is 2. The second-order valence-electron chi connectivity index (χ2n) is 4.39. The van der Waals surface area contributed by atoms with Crippen LogP contribution >= 0.6 is 11.6 Å². The summed E-state index contributed by atoms with van der Waals surface area (Å²) in [6.45, 7) is 2.80. The minimum absolute atomic E-state index is 0.103. The first-order valence-corrected chi connectivity index (χ1v) is 7.72. The van der Waals surface area contributed by atoms with Crippen LogP contribution in [0, 0.1) is 16.0 Å². The number of non-ortho nitro benzene ring substituents is 1. The number of nitro benzene ring substituents is 1. The van der Waals surface area contributed by atoms with Crippen LogP contribution in [0.1, 0.15) is 6.92 Å². The van der Waals surface area contributed by atoms with Crippen molar-refractivity contribution in [3.63, 3.8) is 0 Å². The summed E-state index contributed by atoms with van der Waals surface area (Å²) in [7, 11) is -2.00. The van der Waals surface area contributed by atoms with Gasteiger partial charge in [0.25, 0.3) is 5.69 Å². The molecule has 0 bridgehead atoms. The molecule has 1 rings (SSSR count). The van der Waals surface area contributed by atoms with Crippen LogP contribution in [0.4, 0.5) is 5.69 Å². The lowest BCUT2D eigenvalue weighted by Gasteiger charge is -2.13. The van der Waals surface area contributed by atoms with Gasteiger partial charge in [-0.25, -0.2) is 13.1 Å². The summed E-state index contributed by atoms with van der Waals surface area (Å²) in [6.07, 6.45) is 0. The second-order valence-corrected chi connectivity index (χ2v) is 6.53. The predicted octanol–water partition coefficient (Wildman–Crippen LogP) is 1.38. The van der Waals surface area contributed by atoms with Crippen LogP contribution in [-0.2, 0) is 10.0 Å². The maximum Gasteiger partial charge on any atom is 0.271 e. The van der Waals surface area contributed by atoms with Crippen LogP contribution in [0.25, 0.3) is 0 Å². The van der Waals surface area contributed by atoms with Crippen molar-refractivity contribution in [1.29, 1.82) is 0 Å². The van der Waals surface area contributed by atoms with E-state index < -0.39 is 14.9 Å². The number of benzene rings is 1. The molecule has 1 aromatic rings. The molecule has 0 heterocycles. The molecule has 0 aliphatic carbocycles. The topological polar surface area (TPSA) is 101 Å². The molecule has 0 saturated carbocycles. The number of nitro groups is 1. The van der Waals surface area contributed by atoms with Gasteiger partial charge in [-0.3, -0.25) is 10.1 Å². The predicted molar refractivity (Wildman–Crippen MR) is 76.4 cm³/mol. The Labute approximate surface area is 122 Å². The Hall–Kier alpha value is -1.22. The van der Waals surface area contributed by atoms with Crippen LogP contribution in [0.2, 0.25) is 5.02 Å². The monoisotopic (exact) mass is 321 g/mol. The van der Waals surface area contributed by atoms with Gasteiger partial charge in [-0.05, 0) is 25.6 Å². The standard InChI is InChI=1S/C11H16ClN3O4S/c1-8(6-13-2)7-14-20(18,19)11-4-3-9(15(16)17)5-10(11)12/h3-5,8,13-14H,6-7H2,1-2H3. The Morgan fingerprint density at radius 3 is 2.55 bits per heavy atom. The number of halogens is 1. The Bertz CT molecular complexity index is 591. The fourth-order valence-corrected chi connectivity index (χ4v) is 3.27.